The molecule has 57 heavy (non-hydrogen) atoms. The normalized spacial score (nSPS) is 14.1. The molecule has 0 bridgehead atoms. The summed E-state index contributed by atoms with van der Waals surface area (Å²) < 4.78 is 14.4. The number of amides is 2. The average Bonchev–Trinajstić information content (AvgIpc) is 3.15. The van der Waals surface area contributed by atoms with Crippen molar-refractivity contribution < 1.29 is 26.8 Å². The summed E-state index contributed by atoms with van der Waals surface area (Å²) in [5.41, 5.74) is 0.576. The standard InChI is InChI=1S/C44H84N6O5P2/c1-8-42(53)41(48-44(55)27-20-16-12-10-14-18-24-38(52)32-50(7)34-40(57-46)30-36(4)5)25-21-22-28-47-43(54)26-19-15-11-9-13-17-23-37(51)31-49(6)33-39(56-45)29-35(2)3/h35-36,39-41,45-46H,8-34H2,1-7H3,(H,47,54)(H,48,55)/t39-,40-,41-/m0/s1/i/hH2. The van der Waals surface area contributed by atoms with Crippen molar-refractivity contribution in [1.29, 1.82) is 10.3 Å². The van der Waals surface area contributed by atoms with Gasteiger partial charge >= 0.3 is 0 Å². The molecular weight excluding hydrogens is 754 g/mol. The molecule has 0 saturated carbocycles. The lowest BCUT2D eigenvalue weighted by Gasteiger charge is -2.21. The van der Waals surface area contributed by atoms with Crippen molar-refractivity contribution in [3.8, 4) is 0 Å². The van der Waals surface area contributed by atoms with E-state index in [1.807, 2.05) is 21.0 Å². The van der Waals surface area contributed by atoms with Crippen molar-refractivity contribution in [3.63, 3.8) is 0 Å². The Hall–Kier alpha value is -1.93. The Kier molecular flexibility index (Phi) is 32.3. The van der Waals surface area contributed by atoms with Gasteiger partial charge in [-0.3, -0.25) is 44.1 Å². The third kappa shape index (κ3) is 33.6. The topological polar surface area (TPSA) is 164 Å². The molecule has 13 heteroatoms. The van der Waals surface area contributed by atoms with Gasteiger partial charge < -0.3 is 10.6 Å². The molecule has 0 saturated heterocycles. The van der Waals surface area contributed by atoms with E-state index in [2.05, 4.69) is 58.4 Å². The minimum Gasteiger partial charge on any atom is -0.356 e. The lowest BCUT2D eigenvalue weighted by Crippen LogP contribution is -2.40. The molecule has 3 atom stereocenters. The van der Waals surface area contributed by atoms with Crippen LogP contribution in [0.15, 0.2) is 0 Å². The number of unbranched alkanes of at least 4 members (excludes halogenated alkanes) is 11. The highest BCUT2D eigenvalue weighted by atomic mass is 31.1. The van der Waals surface area contributed by atoms with Gasteiger partial charge in [-0.2, -0.15) is 0 Å². The molecule has 0 rings (SSSR count). The summed E-state index contributed by atoms with van der Waals surface area (Å²) in [6, 6.07) is -0.476. The molecule has 0 unspecified atom stereocenters. The zero-order valence-electron chi connectivity index (χ0n) is 39.2. The summed E-state index contributed by atoms with van der Waals surface area (Å²) in [5.74, 6) is 1.61. The van der Waals surface area contributed by atoms with Crippen LogP contribution in [0.2, 0.25) is 2.82 Å². The Morgan fingerprint density at radius 1 is 0.596 bits per heavy atom. The molecule has 4 N–H and O–H groups in total. The first kappa shape index (κ1) is 51.2. The van der Waals surface area contributed by atoms with Crippen LogP contribution in [0.5, 0.6) is 0 Å². The summed E-state index contributed by atoms with van der Waals surface area (Å²) in [6.07, 6.45) is 18.1. The van der Waals surface area contributed by atoms with E-state index in [9.17, 15) is 24.0 Å². The Morgan fingerprint density at radius 3 is 1.44 bits per heavy atom. The second kappa shape index (κ2) is 36.0. The molecule has 0 aromatic heterocycles. The molecule has 0 aliphatic heterocycles. The zero-order valence-corrected chi connectivity index (χ0v) is 39.0. The number of hydrogen-bond acceptors (Lipinski definition) is 9. The Balaban J connectivity index is 4.01. The predicted octanol–water partition coefficient (Wildman–Crippen LogP) is 10.2. The predicted molar refractivity (Wildman–Crippen MR) is 239 cm³/mol. The molecular formula is C44H84N6O5P2. The molecule has 0 aliphatic carbocycles. The van der Waals surface area contributed by atoms with Crippen LogP contribution in [0.3, 0.4) is 0 Å². The molecule has 0 heterocycles. The van der Waals surface area contributed by atoms with Crippen LogP contribution >= 0.6 is 16.7 Å². The molecule has 0 aromatic carbocycles. The van der Waals surface area contributed by atoms with E-state index in [4.69, 9.17) is 2.82 Å². The number of likely N-dealkylation sites (N-methyl/N-ethyl adjacent to an activating group) is 2. The fraction of sp³-hybridized carbons (Fsp3) is 0.886. The van der Waals surface area contributed by atoms with Gasteiger partial charge in [0.05, 0.1) is 19.1 Å². The summed E-state index contributed by atoms with van der Waals surface area (Å²) >= 11 is 0. The molecule has 330 valence electrons. The second-order valence-electron chi connectivity index (χ2n) is 17.3. The van der Waals surface area contributed by atoms with E-state index in [-0.39, 0.29) is 34.8 Å². The number of Topliss-reactive ketones (excluding diaryl/α,β-unsaturated/α-hetero) is 3. The fourth-order valence-electron chi connectivity index (χ4n) is 7.26. The van der Waals surface area contributed by atoms with E-state index in [1.54, 1.807) is 0 Å². The molecule has 0 aliphatic rings. The van der Waals surface area contributed by atoms with Gasteiger partial charge in [-0.25, -0.2) is 0 Å². The second-order valence-corrected chi connectivity index (χ2v) is 19.2. The molecule has 0 fully saturated rings. The molecule has 0 aromatic rings. The van der Waals surface area contributed by atoms with Crippen molar-refractivity contribution in [2.75, 3.05) is 46.8 Å². The third-order valence-corrected chi connectivity index (χ3v) is 11.7. The Bertz CT molecular complexity index is 1210. The summed E-state index contributed by atoms with van der Waals surface area (Å²) in [7, 11) is 5.49. The van der Waals surface area contributed by atoms with E-state index < -0.39 is 6.04 Å². The van der Waals surface area contributed by atoms with Crippen LogP contribution < -0.4 is 10.6 Å². The molecule has 2 amide bonds. The van der Waals surface area contributed by atoms with Crippen LogP contribution in [-0.4, -0.2) is 103 Å². The maximum absolute atomic E-state index is 12.6. The van der Waals surface area contributed by atoms with Gasteiger partial charge in [0.1, 0.15) is 11.6 Å². The van der Waals surface area contributed by atoms with Crippen LogP contribution in [0, 0.1) is 22.1 Å². The van der Waals surface area contributed by atoms with Crippen LogP contribution in [-0.2, 0) is 24.0 Å². The van der Waals surface area contributed by atoms with Gasteiger partial charge in [0.15, 0.2) is 8.61 Å². The minimum absolute atomic E-state index is 0.0415. The number of carbonyl (C=O) groups excluding carboxylic acids is 5. The molecule has 0 radical (unpaired) electrons. The lowest BCUT2D eigenvalue weighted by atomic mass is 10.0. The highest BCUT2D eigenvalue weighted by molar-refractivity contribution is 7.26. The van der Waals surface area contributed by atoms with Gasteiger partial charge in [-0.1, -0.05) is 86.0 Å². The number of hydrogen-bond donors (Lipinski definition) is 4. The van der Waals surface area contributed by atoms with Crippen LogP contribution in [0.4, 0.5) is 0 Å². The average molecular weight is 839 g/mol. The van der Waals surface area contributed by atoms with Crippen LogP contribution in [0.25, 0.3) is 0 Å². The lowest BCUT2D eigenvalue weighted by molar-refractivity contribution is -0.128. The van der Waals surface area contributed by atoms with Crippen molar-refractivity contribution in [3.05, 3.63) is 0 Å². The Morgan fingerprint density at radius 2 is 1.02 bits per heavy atom. The van der Waals surface area contributed by atoms with E-state index in [1.165, 1.54) is 0 Å². The number of rotatable bonds is 40. The van der Waals surface area contributed by atoms with Crippen molar-refractivity contribution >= 4 is 45.9 Å². The monoisotopic (exact) mass is 839 g/mol. The van der Waals surface area contributed by atoms with Crippen LogP contribution in [0.1, 0.15) is 176 Å². The maximum atomic E-state index is 12.6. The number of ketones is 3. The van der Waals surface area contributed by atoms with Gasteiger partial charge in [-0.15, -0.1) is 0 Å². The summed E-state index contributed by atoms with van der Waals surface area (Å²) in [6.45, 7) is 13.5. The SMILES string of the molecule is [1H]N=P[C@@H](CC(C)C)CN(C)CC(=O)CCCCCCCCC(=O)NCCCC[C@H](NC(=O)CCCCCCCCC(=O)CN(C)C[C@H](CC(C)C)P=N[1H])C(=O)CC. The third-order valence-electron chi connectivity index (χ3n) is 10.3. The summed E-state index contributed by atoms with van der Waals surface area (Å²) in [5, 5.41) is 13.0. The number of carbonyl (C=O) groups is 5. The van der Waals surface area contributed by atoms with Gasteiger partial charge in [0, 0.05) is 79.8 Å². The fourth-order valence-corrected chi connectivity index (χ4v) is 8.99. The zero-order chi connectivity index (χ0) is 44.3. The first-order valence-corrected chi connectivity index (χ1v) is 24.2. The molecule has 11 nitrogen and oxygen atoms in total. The smallest absolute Gasteiger partial charge is 0.220 e. The van der Waals surface area contributed by atoms with E-state index in [0.717, 1.165) is 133 Å². The highest BCUT2D eigenvalue weighted by Gasteiger charge is 2.19. The van der Waals surface area contributed by atoms with E-state index >= 15 is 0 Å². The minimum atomic E-state index is -0.476. The number of nitrogens with zero attached hydrogens (tertiary/aromatic N) is 2. The van der Waals surface area contributed by atoms with Gasteiger partial charge in [-0.05, 0) is 83.7 Å². The Labute approximate surface area is 354 Å². The number of nitrogens with one attached hydrogen (secondary N) is 4. The molecule has 0 spiro atoms. The quantitative estimate of drug-likeness (QED) is 0.0352. The van der Waals surface area contributed by atoms with Gasteiger partial charge in [0.25, 0.3) is 0 Å². The first-order valence-electron chi connectivity index (χ1n) is 23.3. The first-order chi connectivity index (χ1) is 28.2. The van der Waals surface area contributed by atoms with Crippen molar-refractivity contribution in [1.82, 2.24) is 20.4 Å². The largest absolute Gasteiger partial charge is 0.356 e. The van der Waals surface area contributed by atoms with Crippen molar-refractivity contribution in [2.24, 2.45) is 11.8 Å². The highest BCUT2D eigenvalue weighted by Crippen LogP contribution is 2.20. The maximum Gasteiger partial charge on any atom is 0.220 e. The van der Waals surface area contributed by atoms with Crippen molar-refractivity contribution in [2.45, 2.75) is 193 Å². The summed E-state index contributed by atoms with van der Waals surface area (Å²) in [4.78, 5) is 66.5. The van der Waals surface area contributed by atoms with E-state index in [0.29, 0.717) is 75.7 Å². The van der Waals surface area contributed by atoms with Gasteiger partial charge in [0.2, 0.25) is 11.8 Å².